The fourth-order valence-electron chi connectivity index (χ4n) is 1.37. The average molecular weight is 227 g/mol. The standard InChI is InChI=1S/C11H21N3S/c1-3-12-6-5-11-9-14(10-13-11)7-8-15-4-2/h9-10,12H,3-8H2,1-2H3. The van der Waals surface area contributed by atoms with Crippen LogP contribution in [-0.4, -0.2) is 34.1 Å². The molecule has 1 rings (SSSR count). The fraction of sp³-hybridized carbons (Fsp3) is 0.727. The molecule has 0 bridgehead atoms. The number of imidazole rings is 1. The van der Waals surface area contributed by atoms with Gasteiger partial charge in [-0.15, -0.1) is 0 Å². The zero-order valence-corrected chi connectivity index (χ0v) is 10.5. The van der Waals surface area contributed by atoms with E-state index in [1.54, 1.807) is 0 Å². The second-order valence-electron chi connectivity index (χ2n) is 3.40. The summed E-state index contributed by atoms with van der Waals surface area (Å²) < 4.78 is 2.18. The van der Waals surface area contributed by atoms with Gasteiger partial charge in [0, 0.05) is 31.5 Å². The molecular formula is C11H21N3S. The first kappa shape index (κ1) is 12.6. The van der Waals surface area contributed by atoms with Gasteiger partial charge in [0.05, 0.1) is 12.0 Å². The number of hydrogen-bond donors (Lipinski definition) is 1. The van der Waals surface area contributed by atoms with Crippen LogP contribution in [0.1, 0.15) is 19.5 Å². The summed E-state index contributed by atoms with van der Waals surface area (Å²) >= 11 is 1.97. The summed E-state index contributed by atoms with van der Waals surface area (Å²) in [4.78, 5) is 4.38. The predicted octanol–water partition coefficient (Wildman–Crippen LogP) is 1.79. The molecule has 86 valence electrons. The summed E-state index contributed by atoms with van der Waals surface area (Å²) in [5.74, 6) is 2.38. The zero-order valence-electron chi connectivity index (χ0n) is 9.70. The molecular weight excluding hydrogens is 206 g/mol. The minimum atomic E-state index is 1.03. The number of nitrogens with zero attached hydrogens (tertiary/aromatic N) is 2. The van der Waals surface area contributed by atoms with Crippen molar-refractivity contribution in [3.05, 3.63) is 18.2 Å². The van der Waals surface area contributed by atoms with E-state index in [0.717, 1.165) is 26.1 Å². The summed E-state index contributed by atoms with van der Waals surface area (Å²) in [5.41, 5.74) is 1.19. The van der Waals surface area contributed by atoms with Crippen molar-refractivity contribution in [2.24, 2.45) is 0 Å². The summed E-state index contributed by atoms with van der Waals surface area (Å²) in [6, 6.07) is 0. The van der Waals surface area contributed by atoms with E-state index >= 15 is 0 Å². The Hall–Kier alpha value is -0.480. The van der Waals surface area contributed by atoms with Crippen LogP contribution in [0, 0.1) is 0 Å². The highest BCUT2D eigenvalue weighted by atomic mass is 32.2. The highest BCUT2D eigenvalue weighted by Crippen LogP contribution is 2.02. The maximum absolute atomic E-state index is 4.38. The van der Waals surface area contributed by atoms with Gasteiger partial charge in [-0.3, -0.25) is 0 Å². The van der Waals surface area contributed by atoms with Gasteiger partial charge in [-0.1, -0.05) is 13.8 Å². The van der Waals surface area contributed by atoms with E-state index in [1.165, 1.54) is 17.2 Å². The highest BCUT2D eigenvalue weighted by Gasteiger charge is 1.97. The van der Waals surface area contributed by atoms with Crippen molar-refractivity contribution < 1.29 is 0 Å². The molecule has 0 spiro atoms. The third kappa shape index (κ3) is 5.23. The molecule has 0 saturated heterocycles. The van der Waals surface area contributed by atoms with Crippen molar-refractivity contribution in [2.75, 3.05) is 24.6 Å². The monoisotopic (exact) mass is 227 g/mol. The number of hydrogen-bond acceptors (Lipinski definition) is 3. The van der Waals surface area contributed by atoms with Crippen molar-refractivity contribution >= 4 is 11.8 Å². The summed E-state index contributed by atoms with van der Waals surface area (Å²) in [5, 5.41) is 3.30. The first-order valence-electron chi connectivity index (χ1n) is 5.66. The Bertz CT molecular complexity index is 236. The lowest BCUT2D eigenvalue weighted by Gasteiger charge is -2.00. The first-order valence-corrected chi connectivity index (χ1v) is 6.81. The summed E-state index contributed by atoms with van der Waals surface area (Å²) in [6.07, 6.45) is 5.13. The molecule has 0 aliphatic carbocycles. The molecule has 0 fully saturated rings. The Morgan fingerprint density at radius 2 is 2.33 bits per heavy atom. The number of thioether (sulfide) groups is 1. The minimum Gasteiger partial charge on any atom is -0.336 e. The van der Waals surface area contributed by atoms with Gasteiger partial charge in [0.1, 0.15) is 0 Å². The quantitative estimate of drug-likeness (QED) is 0.687. The molecule has 4 heteroatoms. The first-order chi connectivity index (χ1) is 7.36. The summed E-state index contributed by atoms with van der Waals surface area (Å²) in [6.45, 7) is 7.46. The third-order valence-corrected chi connectivity index (χ3v) is 3.07. The summed E-state index contributed by atoms with van der Waals surface area (Å²) in [7, 11) is 0. The van der Waals surface area contributed by atoms with Gasteiger partial charge in [-0.05, 0) is 12.3 Å². The Labute approximate surface area is 96.7 Å². The smallest absolute Gasteiger partial charge is 0.0949 e. The predicted molar refractivity (Wildman–Crippen MR) is 67.5 cm³/mol. The van der Waals surface area contributed by atoms with Crippen LogP contribution in [0.4, 0.5) is 0 Å². The molecule has 1 aromatic heterocycles. The topological polar surface area (TPSA) is 29.9 Å². The van der Waals surface area contributed by atoms with Crippen molar-refractivity contribution in [3.63, 3.8) is 0 Å². The third-order valence-electron chi connectivity index (χ3n) is 2.19. The van der Waals surface area contributed by atoms with Crippen LogP contribution in [0.2, 0.25) is 0 Å². The Morgan fingerprint density at radius 3 is 3.07 bits per heavy atom. The van der Waals surface area contributed by atoms with Gasteiger partial charge < -0.3 is 9.88 Å². The van der Waals surface area contributed by atoms with Gasteiger partial charge in [0.15, 0.2) is 0 Å². The molecule has 1 heterocycles. The molecule has 1 aromatic rings. The van der Waals surface area contributed by atoms with Gasteiger partial charge in [-0.25, -0.2) is 4.98 Å². The molecule has 0 radical (unpaired) electrons. The Balaban J connectivity index is 2.23. The molecule has 0 aliphatic rings. The molecule has 0 atom stereocenters. The molecule has 0 amide bonds. The van der Waals surface area contributed by atoms with Crippen LogP contribution in [0.5, 0.6) is 0 Å². The molecule has 0 unspecified atom stereocenters. The second kappa shape index (κ2) is 7.77. The fourth-order valence-corrected chi connectivity index (χ4v) is 1.99. The number of likely N-dealkylation sites (N-methyl/N-ethyl adjacent to an activating group) is 1. The molecule has 0 aromatic carbocycles. The van der Waals surface area contributed by atoms with E-state index in [0.29, 0.717) is 0 Å². The van der Waals surface area contributed by atoms with Crippen LogP contribution in [0.25, 0.3) is 0 Å². The minimum absolute atomic E-state index is 1.03. The van der Waals surface area contributed by atoms with Crippen LogP contribution in [-0.2, 0) is 13.0 Å². The zero-order chi connectivity index (χ0) is 10.9. The van der Waals surface area contributed by atoms with Crippen LogP contribution in [0.15, 0.2) is 12.5 Å². The Morgan fingerprint density at radius 1 is 1.47 bits per heavy atom. The second-order valence-corrected chi connectivity index (χ2v) is 4.80. The van der Waals surface area contributed by atoms with E-state index in [2.05, 4.69) is 34.9 Å². The van der Waals surface area contributed by atoms with E-state index in [-0.39, 0.29) is 0 Å². The lowest BCUT2D eigenvalue weighted by atomic mass is 10.3. The Kier molecular flexibility index (Phi) is 6.52. The molecule has 0 saturated carbocycles. The molecule has 15 heavy (non-hydrogen) atoms. The lowest BCUT2D eigenvalue weighted by molar-refractivity contribution is 0.708. The molecule has 3 nitrogen and oxygen atoms in total. The SMILES string of the molecule is CCNCCc1cn(CCSCC)cn1. The molecule has 0 aliphatic heterocycles. The highest BCUT2D eigenvalue weighted by molar-refractivity contribution is 7.99. The van der Waals surface area contributed by atoms with E-state index in [9.17, 15) is 0 Å². The van der Waals surface area contributed by atoms with E-state index < -0.39 is 0 Å². The van der Waals surface area contributed by atoms with E-state index in [4.69, 9.17) is 0 Å². The van der Waals surface area contributed by atoms with Gasteiger partial charge >= 0.3 is 0 Å². The normalized spacial score (nSPS) is 10.8. The van der Waals surface area contributed by atoms with Crippen LogP contribution >= 0.6 is 11.8 Å². The maximum atomic E-state index is 4.38. The number of aromatic nitrogens is 2. The lowest BCUT2D eigenvalue weighted by Crippen LogP contribution is -2.16. The van der Waals surface area contributed by atoms with Crippen molar-refractivity contribution in [1.29, 1.82) is 0 Å². The number of rotatable bonds is 8. The van der Waals surface area contributed by atoms with Crippen LogP contribution in [0.3, 0.4) is 0 Å². The van der Waals surface area contributed by atoms with E-state index in [1.807, 2.05) is 18.1 Å². The largest absolute Gasteiger partial charge is 0.336 e. The van der Waals surface area contributed by atoms with Gasteiger partial charge in [0.2, 0.25) is 0 Å². The van der Waals surface area contributed by atoms with Crippen molar-refractivity contribution in [3.8, 4) is 0 Å². The van der Waals surface area contributed by atoms with Gasteiger partial charge in [0.25, 0.3) is 0 Å². The number of nitrogens with one attached hydrogen (secondary N) is 1. The molecule has 1 N–H and O–H groups in total. The average Bonchev–Trinajstić information content (AvgIpc) is 2.67. The van der Waals surface area contributed by atoms with Crippen molar-refractivity contribution in [1.82, 2.24) is 14.9 Å². The van der Waals surface area contributed by atoms with Crippen LogP contribution < -0.4 is 5.32 Å². The van der Waals surface area contributed by atoms with Crippen molar-refractivity contribution in [2.45, 2.75) is 26.8 Å². The number of aryl methyl sites for hydroxylation is 1. The van der Waals surface area contributed by atoms with Gasteiger partial charge in [-0.2, -0.15) is 11.8 Å². The maximum Gasteiger partial charge on any atom is 0.0949 e.